The molecule has 0 saturated carbocycles. The summed E-state index contributed by atoms with van der Waals surface area (Å²) in [5, 5.41) is 15.2. The van der Waals surface area contributed by atoms with E-state index in [1.807, 2.05) is 20.8 Å². The van der Waals surface area contributed by atoms with Gasteiger partial charge in [0.15, 0.2) is 12.1 Å². The van der Waals surface area contributed by atoms with Crippen molar-refractivity contribution in [3.05, 3.63) is 69.6 Å². The molecule has 11 nitrogen and oxygen atoms in total. The van der Waals surface area contributed by atoms with Crippen LogP contribution in [0.15, 0.2) is 41.6 Å². The van der Waals surface area contributed by atoms with Gasteiger partial charge in [-0.15, -0.1) is 0 Å². The average Bonchev–Trinajstić information content (AvgIpc) is 3.39. The number of alkyl halides is 3. The Bertz CT molecular complexity index is 1610. The maximum absolute atomic E-state index is 14.0. The topological polar surface area (TPSA) is 123 Å². The monoisotopic (exact) mass is 663 g/mol. The highest BCUT2D eigenvalue weighted by molar-refractivity contribution is 6.32. The molecule has 0 aliphatic carbocycles. The number of halogens is 4. The first kappa shape index (κ1) is 34.9. The number of pyridine rings is 1. The molecule has 1 aromatic carbocycles. The van der Waals surface area contributed by atoms with E-state index in [0.717, 1.165) is 11.4 Å². The van der Waals surface area contributed by atoms with Gasteiger partial charge in [-0.1, -0.05) is 18.5 Å². The number of aromatic nitrogens is 3. The average molecular weight is 664 g/mol. The number of hydrazone groups is 1. The van der Waals surface area contributed by atoms with E-state index in [1.165, 1.54) is 30.9 Å². The Labute approximate surface area is 270 Å². The Morgan fingerprint density at radius 3 is 2.46 bits per heavy atom. The summed E-state index contributed by atoms with van der Waals surface area (Å²) < 4.78 is 52.7. The van der Waals surface area contributed by atoms with E-state index in [-0.39, 0.29) is 46.4 Å². The number of hydrogen-bond acceptors (Lipinski definition) is 8. The van der Waals surface area contributed by atoms with Gasteiger partial charge in [-0.05, 0) is 76.4 Å². The van der Waals surface area contributed by atoms with Gasteiger partial charge in [0.05, 0.1) is 41.7 Å². The van der Waals surface area contributed by atoms with Crippen molar-refractivity contribution in [2.45, 2.75) is 72.0 Å². The van der Waals surface area contributed by atoms with Crippen LogP contribution in [0.4, 0.5) is 18.9 Å². The number of benzene rings is 1. The van der Waals surface area contributed by atoms with Crippen LogP contribution in [0, 0.1) is 6.92 Å². The molecule has 3 heterocycles. The minimum absolute atomic E-state index is 0.0240. The van der Waals surface area contributed by atoms with Crippen molar-refractivity contribution in [1.82, 2.24) is 25.1 Å². The Hall–Kier alpha value is -4.01. The Morgan fingerprint density at radius 2 is 1.85 bits per heavy atom. The molecule has 1 saturated heterocycles. The molecule has 1 fully saturated rings. The van der Waals surface area contributed by atoms with Crippen LogP contribution < -0.4 is 10.6 Å². The fraction of sp³-hybridized carbons (Fsp3) is 0.452. The van der Waals surface area contributed by atoms with Crippen molar-refractivity contribution < 1.29 is 32.2 Å². The molecule has 15 heteroatoms. The second kappa shape index (κ2) is 14.2. The Morgan fingerprint density at radius 1 is 1.15 bits per heavy atom. The lowest BCUT2D eigenvalue weighted by atomic mass is 10.00. The predicted octanol–water partition coefficient (Wildman–Crippen LogP) is 6.21. The zero-order chi connectivity index (χ0) is 33.8. The van der Waals surface area contributed by atoms with E-state index in [1.54, 1.807) is 31.2 Å². The molecule has 0 radical (unpaired) electrons. The molecule has 0 atom stereocenters. The maximum Gasteiger partial charge on any atom is 0.431 e. The molecule has 46 heavy (non-hydrogen) atoms. The Kier molecular flexibility index (Phi) is 10.7. The van der Waals surface area contributed by atoms with Gasteiger partial charge in [0.1, 0.15) is 11.4 Å². The molecule has 4 rings (SSSR count). The molecule has 2 aromatic heterocycles. The summed E-state index contributed by atoms with van der Waals surface area (Å²) in [6.45, 7) is 9.46. The first-order valence-electron chi connectivity index (χ1n) is 14.6. The molecule has 2 amide bonds. The van der Waals surface area contributed by atoms with Crippen molar-refractivity contribution in [1.29, 1.82) is 0 Å². The quantitative estimate of drug-likeness (QED) is 0.206. The number of carbonyl (C=O) groups is 2. The molecule has 1 aliphatic rings. The van der Waals surface area contributed by atoms with Crippen LogP contribution in [-0.2, 0) is 16.0 Å². The minimum atomic E-state index is -4.59. The second-order valence-corrected chi connectivity index (χ2v) is 12.2. The van der Waals surface area contributed by atoms with Crippen LogP contribution in [0.1, 0.15) is 84.5 Å². The summed E-state index contributed by atoms with van der Waals surface area (Å²) in [7, 11) is 1.37. The molecule has 0 spiro atoms. The molecule has 3 aromatic rings. The van der Waals surface area contributed by atoms with Crippen LogP contribution in [0.25, 0.3) is 5.82 Å². The van der Waals surface area contributed by atoms with Gasteiger partial charge in [-0.3, -0.25) is 14.6 Å². The molecular formula is C31H37ClF3N7O4. The highest BCUT2D eigenvalue weighted by Crippen LogP contribution is 2.31. The second-order valence-electron chi connectivity index (χ2n) is 11.8. The van der Waals surface area contributed by atoms with Crippen LogP contribution in [0.2, 0.25) is 5.02 Å². The highest BCUT2D eigenvalue weighted by Gasteiger charge is 2.35. The number of aryl methyl sites for hydroxylation is 1. The highest BCUT2D eigenvalue weighted by atomic mass is 35.5. The number of anilines is 1. The van der Waals surface area contributed by atoms with E-state index >= 15 is 0 Å². The fourth-order valence-electron chi connectivity index (χ4n) is 4.73. The van der Waals surface area contributed by atoms with Gasteiger partial charge in [0.25, 0.3) is 11.8 Å². The largest absolute Gasteiger partial charge is 0.431 e. The normalized spacial score (nSPS) is 14.7. The van der Waals surface area contributed by atoms with Crippen molar-refractivity contribution in [2.24, 2.45) is 5.10 Å². The fourth-order valence-corrected chi connectivity index (χ4v) is 4.93. The minimum Gasteiger partial charge on any atom is -0.348 e. The molecule has 0 bridgehead atoms. The lowest BCUT2D eigenvalue weighted by Crippen LogP contribution is -2.41. The molecule has 248 valence electrons. The number of rotatable bonds is 9. The standard InChI is InChI=1S/C31H37ClF3N7O4/c1-7-24(31(33,34)35)40-41(6)17-20-16-23(42(39-20)26-22(32)10-8-11-36-26)28(44)37-25-18(2)14-19(29-45-12-9-13-46-29)15-21(25)27(43)38-30(3,4)5/h8,10-11,14-16,29H,7,9,12-13,17H2,1-6H3,(H,37,44)(H,38,43)/b40-24+. The SMILES string of the molecule is CC/C(=N\N(C)Cc1cc(C(=O)Nc2c(C)cc(C3OCCCO3)cc2C(=O)NC(C)(C)C)n(-c2ncccc2Cl)n1)C(F)(F)F. The van der Waals surface area contributed by atoms with Gasteiger partial charge in [-0.2, -0.15) is 23.4 Å². The van der Waals surface area contributed by atoms with Crippen molar-refractivity contribution >= 4 is 34.8 Å². The molecule has 1 aliphatic heterocycles. The van der Waals surface area contributed by atoms with Gasteiger partial charge >= 0.3 is 6.18 Å². The zero-order valence-corrected chi connectivity index (χ0v) is 27.2. The van der Waals surface area contributed by atoms with Crippen molar-refractivity contribution in [2.75, 3.05) is 25.6 Å². The molecule has 0 unspecified atom stereocenters. The third-order valence-electron chi connectivity index (χ3n) is 6.71. The summed E-state index contributed by atoms with van der Waals surface area (Å²) in [6, 6.07) is 7.97. The first-order valence-corrected chi connectivity index (χ1v) is 15.0. The predicted molar refractivity (Wildman–Crippen MR) is 167 cm³/mol. The third-order valence-corrected chi connectivity index (χ3v) is 7.00. The number of nitrogens with one attached hydrogen (secondary N) is 2. The van der Waals surface area contributed by atoms with E-state index in [0.29, 0.717) is 24.3 Å². The summed E-state index contributed by atoms with van der Waals surface area (Å²) >= 11 is 6.40. The lowest BCUT2D eigenvalue weighted by molar-refractivity contribution is -0.183. The number of nitrogens with zero attached hydrogens (tertiary/aromatic N) is 5. The smallest absolute Gasteiger partial charge is 0.348 e. The van der Waals surface area contributed by atoms with Crippen LogP contribution >= 0.6 is 11.6 Å². The van der Waals surface area contributed by atoms with Gasteiger partial charge in [0.2, 0.25) is 0 Å². The van der Waals surface area contributed by atoms with Crippen molar-refractivity contribution in [3.8, 4) is 5.82 Å². The summed E-state index contributed by atoms with van der Waals surface area (Å²) in [5.41, 5.74) is 0.280. The van der Waals surface area contributed by atoms with Crippen LogP contribution in [-0.4, -0.2) is 69.3 Å². The van der Waals surface area contributed by atoms with Gasteiger partial charge in [-0.25, -0.2) is 9.67 Å². The van der Waals surface area contributed by atoms with E-state index in [4.69, 9.17) is 21.1 Å². The summed E-state index contributed by atoms with van der Waals surface area (Å²) in [4.78, 5) is 31.8. The van der Waals surface area contributed by atoms with E-state index in [9.17, 15) is 22.8 Å². The third kappa shape index (κ3) is 8.62. The number of amides is 2. The maximum atomic E-state index is 14.0. The van der Waals surface area contributed by atoms with Gasteiger partial charge in [0, 0.05) is 24.3 Å². The summed E-state index contributed by atoms with van der Waals surface area (Å²) in [5.74, 6) is -0.969. The summed E-state index contributed by atoms with van der Waals surface area (Å²) in [6.07, 6.45) is -3.36. The Balaban J connectivity index is 1.75. The van der Waals surface area contributed by atoms with E-state index in [2.05, 4.69) is 25.8 Å². The molecular weight excluding hydrogens is 627 g/mol. The van der Waals surface area contributed by atoms with E-state index < -0.39 is 35.5 Å². The lowest BCUT2D eigenvalue weighted by Gasteiger charge is -2.26. The number of carbonyl (C=O) groups excluding carboxylic acids is 2. The van der Waals surface area contributed by atoms with Crippen LogP contribution in [0.3, 0.4) is 0 Å². The first-order chi connectivity index (χ1) is 21.6. The molecule has 2 N–H and O–H groups in total. The van der Waals surface area contributed by atoms with Gasteiger partial charge < -0.3 is 20.1 Å². The zero-order valence-electron chi connectivity index (χ0n) is 26.5. The van der Waals surface area contributed by atoms with Crippen molar-refractivity contribution in [3.63, 3.8) is 0 Å². The van der Waals surface area contributed by atoms with Crippen LogP contribution in [0.5, 0.6) is 0 Å². The number of ether oxygens (including phenoxy) is 2. The number of hydrogen-bond donors (Lipinski definition) is 2.